The molecule has 2 unspecified atom stereocenters. The van der Waals surface area contributed by atoms with Crippen LogP contribution in [0.15, 0.2) is 18.2 Å². The molecule has 2 heteroatoms. The molecule has 0 amide bonds. The fraction of sp³-hybridized carbons (Fsp3) is 0.545. The van der Waals surface area contributed by atoms with Crippen LogP contribution in [0.4, 0.5) is 0 Å². The first-order valence-electron chi connectivity index (χ1n) is 4.90. The maximum atomic E-state index is 6.23. The van der Waals surface area contributed by atoms with Crippen LogP contribution in [0.5, 0.6) is 0 Å². The molecule has 0 radical (unpaired) electrons. The predicted molar refractivity (Wildman–Crippen MR) is 53.2 cm³/mol. The van der Waals surface area contributed by atoms with Gasteiger partial charge in [0.2, 0.25) is 0 Å². The van der Waals surface area contributed by atoms with Gasteiger partial charge in [-0.2, -0.15) is 0 Å². The summed E-state index contributed by atoms with van der Waals surface area (Å²) in [7, 11) is 0. The third-order valence-electron chi connectivity index (χ3n) is 3.01. The lowest BCUT2D eigenvalue weighted by Crippen LogP contribution is -2.23. The van der Waals surface area contributed by atoms with Gasteiger partial charge in [-0.1, -0.05) is 19.4 Å². The predicted octanol–water partition coefficient (Wildman–Crippen LogP) is 1.97. The van der Waals surface area contributed by atoms with Gasteiger partial charge < -0.3 is 5.73 Å². The van der Waals surface area contributed by atoms with E-state index in [0.29, 0.717) is 5.92 Å². The molecule has 0 aliphatic heterocycles. The van der Waals surface area contributed by atoms with Crippen molar-refractivity contribution in [2.24, 2.45) is 11.7 Å². The lowest BCUT2D eigenvalue weighted by atomic mass is 10.1. The molecule has 2 nitrogen and oxygen atoms in total. The van der Waals surface area contributed by atoms with E-state index in [-0.39, 0.29) is 5.54 Å². The molecule has 2 atom stereocenters. The van der Waals surface area contributed by atoms with E-state index in [2.05, 4.69) is 11.9 Å². The van der Waals surface area contributed by atoms with Crippen molar-refractivity contribution in [2.75, 3.05) is 0 Å². The number of hydrogen-bond donors (Lipinski definition) is 1. The van der Waals surface area contributed by atoms with E-state index in [1.165, 1.54) is 0 Å². The van der Waals surface area contributed by atoms with Gasteiger partial charge in [0.05, 0.1) is 11.2 Å². The van der Waals surface area contributed by atoms with Crippen molar-refractivity contribution in [3.8, 4) is 0 Å². The second-order valence-electron chi connectivity index (χ2n) is 4.01. The van der Waals surface area contributed by atoms with E-state index in [1.54, 1.807) is 0 Å². The number of nitrogens with two attached hydrogens (primary N) is 1. The van der Waals surface area contributed by atoms with Crippen molar-refractivity contribution in [3.05, 3.63) is 29.6 Å². The fourth-order valence-corrected chi connectivity index (χ4v) is 1.97. The van der Waals surface area contributed by atoms with E-state index in [4.69, 9.17) is 5.73 Å². The molecule has 1 aliphatic rings. The molecule has 13 heavy (non-hydrogen) atoms. The van der Waals surface area contributed by atoms with E-state index in [0.717, 1.165) is 24.2 Å². The minimum atomic E-state index is -0.110. The Morgan fingerprint density at radius 2 is 2.38 bits per heavy atom. The normalized spacial score (nSPS) is 31.8. The van der Waals surface area contributed by atoms with Crippen LogP contribution in [0.1, 0.15) is 31.2 Å². The minimum Gasteiger partial charge on any atom is -0.320 e. The molecule has 1 aromatic rings. The average Bonchev–Trinajstić information content (AvgIpc) is 2.79. The first kappa shape index (κ1) is 8.70. The zero-order chi connectivity index (χ0) is 9.47. The van der Waals surface area contributed by atoms with Gasteiger partial charge in [0.15, 0.2) is 0 Å². The topological polar surface area (TPSA) is 38.9 Å². The maximum absolute atomic E-state index is 6.23. The Hall–Kier alpha value is -0.890. The third kappa shape index (κ3) is 1.35. The standard InChI is InChI=1S/C11H16N2/c1-3-9-7-11(9,12)10-6-4-5-8(2)13-10/h4-6,9H,3,7,12H2,1-2H3. The Balaban J connectivity index is 2.27. The van der Waals surface area contributed by atoms with Crippen LogP contribution < -0.4 is 5.73 Å². The molecule has 1 aliphatic carbocycles. The van der Waals surface area contributed by atoms with Crippen molar-refractivity contribution in [3.63, 3.8) is 0 Å². The van der Waals surface area contributed by atoms with Gasteiger partial charge in [-0.05, 0) is 31.4 Å². The molecule has 1 fully saturated rings. The second-order valence-corrected chi connectivity index (χ2v) is 4.01. The molecule has 1 saturated carbocycles. The van der Waals surface area contributed by atoms with Gasteiger partial charge in [0.1, 0.15) is 0 Å². The van der Waals surface area contributed by atoms with Crippen molar-refractivity contribution >= 4 is 0 Å². The average molecular weight is 176 g/mol. The molecule has 70 valence electrons. The van der Waals surface area contributed by atoms with Gasteiger partial charge in [0.25, 0.3) is 0 Å². The maximum Gasteiger partial charge on any atom is 0.0616 e. The summed E-state index contributed by atoms with van der Waals surface area (Å²) in [6, 6.07) is 6.09. The Labute approximate surface area is 79.2 Å². The number of nitrogens with zero attached hydrogens (tertiary/aromatic N) is 1. The summed E-state index contributed by atoms with van der Waals surface area (Å²) in [6.07, 6.45) is 2.26. The van der Waals surface area contributed by atoms with Crippen LogP contribution in [0.3, 0.4) is 0 Å². The Bertz CT molecular complexity index is 322. The van der Waals surface area contributed by atoms with Gasteiger partial charge in [-0.15, -0.1) is 0 Å². The third-order valence-corrected chi connectivity index (χ3v) is 3.01. The monoisotopic (exact) mass is 176 g/mol. The van der Waals surface area contributed by atoms with Crippen molar-refractivity contribution < 1.29 is 0 Å². The van der Waals surface area contributed by atoms with Crippen LogP contribution in [0.25, 0.3) is 0 Å². The van der Waals surface area contributed by atoms with E-state index in [1.807, 2.05) is 25.1 Å². The van der Waals surface area contributed by atoms with E-state index >= 15 is 0 Å². The smallest absolute Gasteiger partial charge is 0.0616 e. The summed E-state index contributed by atoms with van der Waals surface area (Å²) >= 11 is 0. The molecule has 0 bridgehead atoms. The Kier molecular flexibility index (Phi) is 1.88. The van der Waals surface area contributed by atoms with Crippen molar-refractivity contribution in [1.29, 1.82) is 0 Å². The molecule has 0 aromatic carbocycles. The van der Waals surface area contributed by atoms with Crippen LogP contribution in [-0.2, 0) is 5.54 Å². The zero-order valence-electron chi connectivity index (χ0n) is 8.25. The molecular weight excluding hydrogens is 160 g/mol. The van der Waals surface area contributed by atoms with Gasteiger partial charge in [0, 0.05) is 5.69 Å². The van der Waals surface area contributed by atoms with Gasteiger partial charge in [-0.25, -0.2) is 0 Å². The quantitative estimate of drug-likeness (QED) is 0.748. The number of pyridine rings is 1. The molecular formula is C11H16N2. The molecule has 0 spiro atoms. The summed E-state index contributed by atoms with van der Waals surface area (Å²) in [5.74, 6) is 0.641. The van der Waals surface area contributed by atoms with Gasteiger partial charge >= 0.3 is 0 Å². The molecule has 1 heterocycles. The second kappa shape index (κ2) is 2.81. The molecule has 1 aromatic heterocycles. The summed E-state index contributed by atoms with van der Waals surface area (Å²) in [5.41, 5.74) is 8.25. The summed E-state index contributed by atoms with van der Waals surface area (Å²) in [6.45, 7) is 4.20. The Morgan fingerprint density at radius 1 is 1.62 bits per heavy atom. The minimum absolute atomic E-state index is 0.110. The van der Waals surface area contributed by atoms with Crippen molar-refractivity contribution in [2.45, 2.75) is 32.2 Å². The van der Waals surface area contributed by atoms with E-state index in [9.17, 15) is 0 Å². The first-order valence-corrected chi connectivity index (χ1v) is 4.90. The fourth-order valence-electron chi connectivity index (χ4n) is 1.97. The SMILES string of the molecule is CCC1CC1(N)c1cccc(C)n1. The highest BCUT2D eigenvalue weighted by Crippen LogP contribution is 2.50. The number of aryl methyl sites for hydroxylation is 1. The van der Waals surface area contributed by atoms with Crippen LogP contribution in [-0.4, -0.2) is 4.98 Å². The highest BCUT2D eigenvalue weighted by atomic mass is 14.9. The lowest BCUT2D eigenvalue weighted by molar-refractivity contribution is 0.597. The Morgan fingerprint density at radius 3 is 2.92 bits per heavy atom. The summed E-state index contributed by atoms with van der Waals surface area (Å²) < 4.78 is 0. The lowest BCUT2D eigenvalue weighted by Gasteiger charge is -2.10. The van der Waals surface area contributed by atoms with Crippen LogP contribution >= 0.6 is 0 Å². The van der Waals surface area contributed by atoms with Gasteiger partial charge in [-0.3, -0.25) is 4.98 Å². The number of aromatic nitrogens is 1. The van der Waals surface area contributed by atoms with E-state index < -0.39 is 0 Å². The number of hydrogen-bond acceptors (Lipinski definition) is 2. The molecule has 0 saturated heterocycles. The van der Waals surface area contributed by atoms with Crippen LogP contribution in [0, 0.1) is 12.8 Å². The summed E-state index contributed by atoms with van der Waals surface area (Å²) in [4.78, 5) is 4.48. The van der Waals surface area contributed by atoms with Crippen molar-refractivity contribution in [1.82, 2.24) is 4.98 Å². The number of rotatable bonds is 2. The van der Waals surface area contributed by atoms with Crippen LogP contribution in [0.2, 0.25) is 0 Å². The summed E-state index contributed by atoms with van der Waals surface area (Å²) in [5, 5.41) is 0. The first-order chi connectivity index (χ1) is 6.16. The molecule has 2 rings (SSSR count). The zero-order valence-corrected chi connectivity index (χ0v) is 8.25. The highest BCUT2D eigenvalue weighted by Gasteiger charge is 2.51. The largest absolute Gasteiger partial charge is 0.320 e. The highest BCUT2D eigenvalue weighted by molar-refractivity contribution is 5.26. The molecule has 2 N–H and O–H groups in total.